The molecule has 0 unspecified atom stereocenters. The van der Waals surface area contributed by atoms with Crippen LogP contribution in [0.3, 0.4) is 0 Å². The van der Waals surface area contributed by atoms with Crippen LogP contribution in [0, 0.1) is 0 Å². The molecule has 0 atom stereocenters. The van der Waals surface area contributed by atoms with E-state index in [-0.39, 0.29) is 6.61 Å². The van der Waals surface area contributed by atoms with E-state index in [1.807, 2.05) is 30.3 Å². The van der Waals surface area contributed by atoms with E-state index in [2.05, 4.69) is 16.5 Å². The molecular formula is C14H14N2O2. The molecule has 0 saturated heterocycles. The standard InChI is InChI=1S/C14H14N2O2/c1-10(2)14(17)18-8-12-13(16-9-15-12)11-6-4-3-5-7-11/h3-7,9H,1,8H2,2H3,(H,15,16). The summed E-state index contributed by atoms with van der Waals surface area (Å²) in [6.45, 7) is 5.32. The lowest BCUT2D eigenvalue weighted by molar-refractivity contribution is -0.140. The van der Waals surface area contributed by atoms with Crippen LogP contribution in [0.25, 0.3) is 11.3 Å². The fraction of sp³-hybridized carbons (Fsp3) is 0.143. The first-order valence-electron chi connectivity index (χ1n) is 5.59. The van der Waals surface area contributed by atoms with Crippen LogP contribution in [0.4, 0.5) is 0 Å². The molecule has 0 saturated carbocycles. The van der Waals surface area contributed by atoms with Crippen LogP contribution in [-0.4, -0.2) is 15.9 Å². The maximum Gasteiger partial charge on any atom is 0.333 e. The Kier molecular flexibility index (Phi) is 3.57. The molecule has 0 aliphatic rings. The van der Waals surface area contributed by atoms with E-state index in [9.17, 15) is 4.79 Å². The monoisotopic (exact) mass is 242 g/mol. The van der Waals surface area contributed by atoms with Crippen LogP contribution in [-0.2, 0) is 16.1 Å². The van der Waals surface area contributed by atoms with Gasteiger partial charge in [0, 0.05) is 11.1 Å². The minimum absolute atomic E-state index is 0.163. The molecule has 1 heterocycles. The van der Waals surface area contributed by atoms with Crippen molar-refractivity contribution in [2.75, 3.05) is 0 Å². The van der Waals surface area contributed by atoms with Gasteiger partial charge in [0.1, 0.15) is 6.61 Å². The quantitative estimate of drug-likeness (QED) is 0.662. The number of ether oxygens (including phenoxy) is 1. The number of aromatic amines is 1. The largest absolute Gasteiger partial charge is 0.456 e. The molecule has 18 heavy (non-hydrogen) atoms. The first kappa shape index (κ1) is 12.1. The lowest BCUT2D eigenvalue weighted by atomic mass is 10.1. The first-order chi connectivity index (χ1) is 8.68. The third-order valence-electron chi connectivity index (χ3n) is 2.46. The Balaban J connectivity index is 2.14. The number of hydrogen-bond donors (Lipinski definition) is 1. The second-order valence-electron chi connectivity index (χ2n) is 3.95. The molecule has 0 amide bonds. The van der Waals surface area contributed by atoms with E-state index in [0.717, 1.165) is 17.0 Å². The van der Waals surface area contributed by atoms with Gasteiger partial charge < -0.3 is 9.72 Å². The van der Waals surface area contributed by atoms with Crippen LogP contribution in [0.15, 0.2) is 48.8 Å². The maximum atomic E-state index is 11.3. The summed E-state index contributed by atoms with van der Waals surface area (Å²) in [6, 6.07) is 9.73. The molecule has 4 nitrogen and oxygen atoms in total. The van der Waals surface area contributed by atoms with Crippen molar-refractivity contribution < 1.29 is 9.53 Å². The molecule has 0 bridgehead atoms. The number of hydrogen-bond acceptors (Lipinski definition) is 3. The Morgan fingerprint density at radius 3 is 2.78 bits per heavy atom. The third kappa shape index (κ3) is 2.66. The highest BCUT2D eigenvalue weighted by Crippen LogP contribution is 2.20. The van der Waals surface area contributed by atoms with Crippen molar-refractivity contribution in [3.63, 3.8) is 0 Å². The number of rotatable bonds is 4. The molecule has 0 aliphatic heterocycles. The maximum absolute atomic E-state index is 11.3. The number of carbonyl (C=O) groups excluding carboxylic acids is 1. The summed E-state index contributed by atoms with van der Waals surface area (Å²) < 4.78 is 5.10. The van der Waals surface area contributed by atoms with E-state index >= 15 is 0 Å². The zero-order chi connectivity index (χ0) is 13.0. The average molecular weight is 242 g/mol. The summed E-state index contributed by atoms with van der Waals surface area (Å²) in [5.74, 6) is -0.399. The molecule has 0 spiro atoms. The van der Waals surface area contributed by atoms with Gasteiger partial charge in [-0.2, -0.15) is 0 Å². The Hall–Kier alpha value is -2.36. The molecule has 1 N–H and O–H groups in total. The Morgan fingerprint density at radius 2 is 2.11 bits per heavy atom. The van der Waals surface area contributed by atoms with Gasteiger partial charge in [-0.3, -0.25) is 0 Å². The van der Waals surface area contributed by atoms with Crippen molar-refractivity contribution in [2.24, 2.45) is 0 Å². The van der Waals surface area contributed by atoms with Crippen molar-refractivity contribution in [2.45, 2.75) is 13.5 Å². The number of aromatic nitrogens is 2. The SMILES string of the molecule is C=C(C)C(=O)OCc1[nH]cnc1-c1ccccc1. The highest BCUT2D eigenvalue weighted by molar-refractivity contribution is 5.86. The fourth-order valence-corrected chi connectivity index (χ4v) is 1.54. The Morgan fingerprint density at radius 1 is 1.39 bits per heavy atom. The van der Waals surface area contributed by atoms with Gasteiger partial charge in [0.15, 0.2) is 0 Å². The van der Waals surface area contributed by atoms with Crippen molar-refractivity contribution in [1.29, 1.82) is 0 Å². The summed E-state index contributed by atoms with van der Waals surface area (Å²) in [6.07, 6.45) is 1.59. The lowest BCUT2D eigenvalue weighted by Gasteiger charge is -2.05. The summed E-state index contributed by atoms with van der Waals surface area (Å²) in [4.78, 5) is 18.6. The molecule has 2 aromatic rings. The first-order valence-corrected chi connectivity index (χ1v) is 5.59. The van der Waals surface area contributed by atoms with Gasteiger partial charge in [0.2, 0.25) is 0 Å². The number of H-pyrrole nitrogens is 1. The lowest BCUT2D eigenvalue weighted by Crippen LogP contribution is -2.05. The van der Waals surface area contributed by atoms with Gasteiger partial charge in [0.25, 0.3) is 0 Å². The normalized spacial score (nSPS) is 10.1. The zero-order valence-electron chi connectivity index (χ0n) is 10.1. The summed E-state index contributed by atoms with van der Waals surface area (Å²) in [5.41, 5.74) is 2.94. The van der Waals surface area contributed by atoms with Gasteiger partial charge in [-0.05, 0) is 6.92 Å². The second kappa shape index (κ2) is 5.31. The third-order valence-corrected chi connectivity index (χ3v) is 2.46. The highest BCUT2D eigenvalue weighted by atomic mass is 16.5. The van der Waals surface area contributed by atoms with Gasteiger partial charge in [0.05, 0.1) is 17.7 Å². The predicted octanol–water partition coefficient (Wildman–Crippen LogP) is 2.70. The van der Waals surface area contributed by atoms with Gasteiger partial charge in [-0.25, -0.2) is 9.78 Å². The van der Waals surface area contributed by atoms with E-state index in [0.29, 0.717) is 5.57 Å². The second-order valence-corrected chi connectivity index (χ2v) is 3.95. The predicted molar refractivity (Wildman–Crippen MR) is 68.6 cm³/mol. The number of esters is 1. The molecule has 4 heteroatoms. The summed E-state index contributed by atoms with van der Waals surface area (Å²) in [7, 11) is 0. The molecule has 2 rings (SSSR count). The van der Waals surface area contributed by atoms with Crippen LogP contribution in [0.5, 0.6) is 0 Å². The van der Waals surface area contributed by atoms with Crippen molar-refractivity contribution in [3.8, 4) is 11.3 Å². The van der Waals surface area contributed by atoms with Crippen molar-refractivity contribution in [3.05, 3.63) is 54.5 Å². The molecule has 92 valence electrons. The van der Waals surface area contributed by atoms with Crippen molar-refractivity contribution >= 4 is 5.97 Å². The highest BCUT2D eigenvalue weighted by Gasteiger charge is 2.10. The summed E-state index contributed by atoms with van der Waals surface area (Å²) >= 11 is 0. The van der Waals surface area contributed by atoms with Crippen LogP contribution >= 0.6 is 0 Å². The zero-order valence-corrected chi connectivity index (χ0v) is 10.1. The van der Waals surface area contributed by atoms with Gasteiger partial charge in [-0.1, -0.05) is 36.9 Å². The van der Waals surface area contributed by atoms with Crippen LogP contribution < -0.4 is 0 Å². The van der Waals surface area contributed by atoms with Crippen LogP contribution in [0.1, 0.15) is 12.6 Å². The average Bonchev–Trinajstić information content (AvgIpc) is 2.85. The number of nitrogens with zero attached hydrogens (tertiary/aromatic N) is 1. The number of benzene rings is 1. The number of nitrogens with one attached hydrogen (secondary N) is 1. The molecule has 0 radical (unpaired) electrons. The van der Waals surface area contributed by atoms with Gasteiger partial charge >= 0.3 is 5.97 Å². The smallest absolute Gasteiger partial charge is 0.333 e. The van der Waals surface area contributed by atoms with E-state index < -0.39 is 5.97 Å². The molecule has 1 aromatic heterocycles. The molecular weight excluding hydrogens is 228 g/mol. The number of carbonyl (C=O) groups is 1. The van der Waals surface area contributed by atoms with E-state index in [1.54, 1.807) is 13.3 Å². The minimum atomic E-state index is -0.399. The van der Waals surface area contributed by atoms with E-state index in [4.69, 9.17) is 4.74 Å². The minimum Gasteiger partial charge on any atom is -0.456 e. The molecule has 0 aliphatic carbocycles. The van der Waals surface area contributed by atoms with Crippen LogP contribution in [0.2, 0.25) is 0 Å². The molecule has 0 fully saturated rings. The summed E-state index contributed by atoms with van der Waals surface area (Å²) in [5, 5.41) is 0. The Bertz CT molecular complexity index is 558. The van der Waals surface area contributed by atoms with Gasteiger partial charge in [-0.15, -0.1) is 0 Å². The van der Waals surface area contributed by atoms with E-state index in [1.165, 1.54) is 0 Å². The fourth-order valence-electron chi connectivity index (χ4n) is 1.54. The molecule has 1 aromatic carbocycles. The topological polar surface area (TPSA) is 55.0 Å². The Labute approximate surface area is 105 Å². The van der Waals surface area contributed by atoms with Crippen molar-refractivity contribution in [1.82, 2.24) is 9.97 Å². The number of imidazole rings is 1.